The van der Waals surface area contributed by atoms with Gasteiger partial charge in [-0.1, -0.05) is 19.4 Å². The van der Waals surface area contributed by atoms with Gasteiger partial charge in [-0.2, -0.15) is 0 Å². The number of amides is 2. The van der Waals surface area contributed by atoms with Gasteiger partial charge in [0.1, 0.15) is 6.61 Å². The molecule has 0 unspecified atom stereocenters. The van der Waals surface area contributed by atoms with Gasteiger partial charge in [-0.25, -0.2) is 0 Å². The second-order valence-electron chi connectivity index (χ2n) is 6.50. The number of ether oxygens (including phenoxy) is 1. The van der Waals surface area contributed by atoms with Crippen molar-refractivity contribution in [2.45, 2.75) is 26.7 Å². The van der Waals surface area contributed by atoms with E-state index in [-0.39, 0.29) is 18.4 Å². The minimum Gasteiger partial charge on any atom is -0.375 e. The lowest BCUT2D eigenvalue weighted by molar-refractivity contribution is -0.119. The monoisotopic (exact) mass is 383 g/mol. The average molecular weight is 383 g/mol. The number of rotatable bonds is 10. The number of hydrogen-bond donors (Lipinski definition) is 2. The Morgan fingerprint density at radius 3 is 2.29 bits per heavy atom. The quantitative estimate of drug-likeness (QED) is 0.647. The normalized spacial score (nSPS) is 10.4. The van der Waals surface area contributed by atoms with Crippen molar-refractivity contribution in [3.05, 3.63) is 54.1 Å². The van der Waals surface area contributed by atoms with E-state index in [4.69, 9.17) is 4.74 Å². The summed E-state index contributed by atoms with van der Waals surface area (Å²) in [6.45, 7) is 6.25. The number of hydrogen-bond acceptors (Lipinski definition) is 4. The summed E-state index contributed by atoms with van der Waals surface area (Å²) in [5.74, 6) is -0.436. The molecule has 0 spiro atoms. The molecule has 150 valence electrons. The number of unbranched alkanes of at least 4 members (excludes halogenated alkanes) is 1. The van der Waals surface area contributed by atoms with Gasteiger partial charge in [0.2, 0.25) is 5.91 Å². The summed E-state index contributed by atoms with van der Waals surface area (Å²) in [6.07, 6.45) is 2.30. The fourth-order valence-electron chi connectivity index (χ4n) is 2.85. The maximum atomic E-state index is 12.5. The molecule has 0 aromatic heterocycles. The molecule has 6 heteroatoms. The number of carbonyl (C=O) groups is 2. The van der Waals surface area contributed by atoms with Crippen molar-refractivity contribution in [3.8, 4) is 0 Å². The number of anilines is 3. The molecule has 0 atom stereocenters. The zero-order valence-corrected chi connectivity index (χ0v) is 16.8. The van der Waals surface area contributed by atoms with E-state index in [1.807, 2.05) is 24.3 Å². The number of nitrogens with one attached hydrogen (secondary N) is 2. The van der Waals surface area contributed by atoms with Crippen LogP contribution >= 0.6 is 0 Å². The van der Waals surface area contributed by atoms with E-state index in [2.05, 4.69) is 29.4 Å². The highest BCUT2D eigenvalue weighted by Crippen LogP contribution is 2.19. The largest absolute Gasteiger partial charge is 0.375 e. The standard InChI is InChI=1S/C22H29N3O3/c1-4-6-14-25(5-2)20-12-10-17(11-13-20)22(27)24-19-9-7-8-18(15-19)23-21(26)16-28-3/h7-13,15H,4-6,14,16H2,1-3H3,(H,23,26)(H,24,27). The molecule has 2 rings (SSSR count). The van der Waals surface area contributed by atoms with E-state index >= 15 is 0 Å². The predicted octanol–water partition coefficient (Wildman–Crippen LogP) is 4.15. The first kappa shape index (κ1) is 21.4. The Morgan fingerprint density at radius 2 is 1.68 bits per heavy atom. The summed E-state index contributed by atoms with van der Waals surface area (Å²) in [4.78, 5) is 26.5. The van der Waals surface area contributed by atoms with Crippen LogP contribution in [0.2, 0.25) is 0 Å². The highest BCUT2D eigenvalue weighted by molar-refractivity contribution is 6.05. The summed E-state index contributed by atoms with van der Waals surface area (Å²) in [5, 5.41) is 5.58. The molecule has 2 aromatic carbocycles. The van der Waals surface area contributed by atoms with Crippen molar-refractivity contribution in [2.24, 2.45) is 0 Å². The third kappa shape index (κ3) is 6.39. The van der Waals surface area contributed by atoms with Crippen LogP contribution in [0.15, 0.2) is 48.5 Å². The van der Waals surface area contributed by atoms with Crippen molar-refractivity contribution in [3.63, 3.8) is 0 Å². The summed E-state index contributed by atoms with van der Waals surface area (Å²) in [5.41, 5.74) is 2.92. The highest BCUT2D eigenvalue weighted by atomic mass is 16.5. The molecule has 0 saturated carbocycles. The van der Waals surface area contributed by atoms with Crippen LogP contribution in [0.3, 0.4) is 0 Å². The topological polar surface area (TPSA) is 70.7 Å². The second kappa shape index (κ2) is 11.1. The van der Waals surface area contributed by atoms with Crippen LogP contribution < -0.4 is 15.5 Å². The van der Waals surface area contributed by atoms with E-state index < -0.39 is 0 Å². The van der Waals surface area contributed by atoms with Crippen molar-refractivity contribution < 1.29 is 14.3 Å². The Bertz CT molecular complexity index is 775. The SMILES string of the molecule is CCCCN(CC)c1ccc(C(=O)Nc2cccc(NC(=O)COC)c2)cc1. The van der Waals surface area contributed by atoms with Gasteiger partial charge in [-0.15, -0.1) is 0 Å². The Labute approximate surface area is 166 Å². The molecule has 0 bridgehead atoms. The van der Waals surface area contributed by atoms with E-state index in [1.165, 1.54) is 7.11 Å². The molecule has 6 nitrogen and oxygen atoms in total. The summed E-state index contributed by atoms with van der Waals surface area (Å²) >= 11 is 0. The Morgan fingerprint density at radius 1 is 1.00 bits per heavy atom. The Hall–Kier alpha value is -2.86. The van der Waals surface area contributed by atoms with Gasteiger partial charge in [0, 0.05) is 42.8 Å². The Balaban J connectivity index is 2.01. The molecular formula is C22H29N3O3. The lowest BCUT2D eigenvalue weighted by atomic mass is 10.1. The van der Waals surface area contributed by atoms with Crippen LogP contribution in [0.1, 0.15) is 37.0 Å². The molecule has 2 aromatic rings. The minimum absolute atomic E-state index is 0.0179. The van der Waals surface area contributed by atoms with E-state index in [9.17, 15) is 9.59 Å². The van der Waals surface area contributed by atoms with Crippen molar-refractivity contribution in [1.29, 1.82) is 0 Å². The lowest BCUT2D eigenvalue weighted by Gasteiger charge is -2.23. The molecule has 2 amide bonds. The highest BCUT2D eigenvalue weighted by Gasteiger charge is 2.09. The van der Waals surface area contributed by atoms with E-state index in [0.717, 1.165) is 31.6 Å². The molecule has 0 heterocycles. The van der Waals surface area contributed by atoms with Crippen LogP contribution in [-0.4, -0.2) is 38.6 Å². The van der Waals surface area contributed by atoms with Crippen molar-refractivity contribution >= 4 is 28.9 Å². The summed E-state index contributed by atoms with van der Waals surface area (Å²) in [7, 11) is 1.46. The van der Waals surface area contributed by atoms with E-state index in [0.29, 0.717) is 16.9 Å². The van der Waals surface area contributed by atoms with Gasteiger partial charge in [-0.05, 0) is 55.8 Å². The fourth-order valence-corrected chi connectivity index (χ4v) is 2.85. The van der Waals surface area contributed by atoms with Gasteiger partial charge in [0.25, 0.3) is 5.91 Å². The molecule has 0 aliphatic rings. The number of nitrogens with zero attached hydrogens (tertiary/aromatic N) is 1. The van der Waals surface area contributed by atoms with Crippen LogP contribution in [0.5, 0.6) is 0 Å². The molecule has 28 heavy (non-hydrogen) atoms. The number of methoxy groups -OCH3 is 1. The number of carbonyl (C=O) groups excluding carboxylic acids is 2. The zero-order chi connectivity index (χ0) is 20.4. The minimum atomic E-state index is -0.245. The summed E-state index contributed by atoms with van der Waals surface area (Å²) < 4.78 is 4.80. The molecule has 0 aliphatic heterocycles. The van der Waals surface area contributed by atoms with Gasteiger partial charge >= 0.3 is 0 Å². The fraction of sp³-hybridized carbons (Fsp3) is 0.364. The van der Waals surface area contributed by atoms with Crippen molar-refractivity contribution in [2.75, 3.05) is 42.3 Å². The smallest absolute Gasteiger partial charge is 0.255 e. The molecule has 0 radical (unpaired) electrons. The maximum Gasteiger partial charge on any atom is 0.255 e. The zero-order valence-electron chi connectivity index (χ0n) is 16.8. The first-order valence-corrected chi connectivity index (χ1v) is 9.62. The predicted molar refractivity (Wildman–Crippen MR) is 114 cm³/mol. The van der Waals surface area contributed by atoms with Gasteiger partial charge in [-0.3, -0.25) is 9.59 Å². The van der Waals surface area contributed by atoms with E-state index in [1.54, 1.807) is 24.3 Å². The van der Waals surface area contributed by atoms with Crippen LogP contribution in [0.25, 0.3) is 0 Å². The third-order valence-corrected chi connectivity index (χ3v) is 4.34. The first-order chi connectivity index (χ1) is 13.6. The second-order valence-corrected chi connectivity index (χ2v) is 6.50. The molecule has 0 aliphatic carbocycles. The van der Waals surface area contributed by atoms with Gasteiger partial charge < -0.3 is 20.3 Å². The first-order valence-electron chi connectivity index (χ1n) is 9.62. The molecular weight excluding hydrogens is 354 g/mol. The molecule has 2 N–H and O–H groups in total. The molecule has 0 saturated heterocycles. The van der Waals surface area contributed by atoms with Crippen molar-refractivity contribution in [1.82, 2.24) is 0 Å². The maximum absolute atomic E-state index is 12.5. The van der Waals surface area contributed by atoms with Crippen LogP contribution in [-0.2, 0) is 9.53 Å². The van der Waals surface area contributed by atoms with Crippen LogP contribution in [0, 0.1) is 0 Å². The van der Waals surface area contributed by atoms with Crippen LogP contribution in [0.4, 0.5) is 17.1 Å². The third-order valence-electron chi connectivity index (χ3n) is 4.34. The Kier molecular flexibility index (Phi) is 8.49. The average Bonchev–Trinajstić information content (AvgIpc) is 2.69. The lowest BCUT2D eigenvalue weighted by Crippen LogP contribution is -2.23. The number of benzene rings is 2. The van der Waals surface area contributed by atoms with Gasteiger partial charge in [0.15, 0.2) is 0 Å². The summed E-state index contributed by atoms with van der Waals surface area (Å²) in [6, 6.07) is 14.7. The molecule has 0 fully saturated rings. The van der Waals surface area contributed by atoms with Gasteiger partial charge in [0.05, 0.1) is 0 Å².